The smallest absolute Gasteiger partial charge is 0.320 e. The van der Waals surface area contributed by atoms with Gasteiger partial charge in [0.05, 0.1) is 0 Å². The molecule has 1 aliphatic rings. The van der Waals surface area contributed by atoms with E-state index in [1.807, 2.05) is 13.8 Å². The number of carboxylic acids is 1. The molecule has 16 heavy (non-hydrogen) atoms. The van der Waals surface area contributed by atoms with Gasteiger partial charge in [0.25, 0.3) is 0 Å². The zero-order chi connectivity index (χ0) is 12.3. The van der Waals surface area contributed by atoms with Crippen molar-refractivity contribution in [1.29, 1.82) is 0 Å². The van der Waals surface area contributed by atoms with Gasteiger partial charge in [0.15, 0.2) is 0 Å². The van der Waals surface area contributed by atoms with Gasteiger partial charge in [-0.15, -0.1) is 0 Å². The minimum atomic E-state index is -0.722. The van der Waals surface area contributed by atoms with Crippen LogP contribution in [-0.2, 0) is 4.79 Å². The summed E-state index contributed by atoms with van der Waals surface area (Å²) in [5, 5.41) is 12.5. The minimum Gasteiger partial charge on any atom is -0.480 e. The number of carboxylic acid groups (broad SMARTS) is 1. The summed E-state index contributed by atoms with van der Waals surface area (Å²) in [6, 6.07) is -0.0370. The van der Waals surface area contributed by atoms with E-state index in [2.05, 4.69) is 19.2 Å². The van der Waals surface area contributed by atoms with Crippen molar-refractivity contribution in [2.75, 3.05) is 0 Å². The lowest BCUT2D eigenvalue weighted by Gasteiger charge is -2.36. The fourth-order valence-corrected chi connectivity index (χ4v) is 2.54. The first-order valence-electron chi connectivity index (χ1n) is 6.40. The summed E-state index contributed by atoms with van der Waals surface area (Å²) >= 11 is 0. The van der Waals surface area contributed by atoms with Gasteiger partial charge in [-0.3, -0.25) is 4.79 Å². The van der Waals surface area contributed by atoms with E-state index in [4.69, 9.17) is 5.11 Å². The van der Waals surface area contributed by atoms with Crippen molar-refractivity contribution in [3.63, 3.8) is 0 Å². The third-order valence-electron chi connectivity index (χ3n) is 3.78. The Labute approximate surface area is 98.6 Å². The molecule has 1 aliphatic carbocycles. The van der Waals surface area contributed by atoms with Gasteiger partial charge in [0.2, 0.25) is 0 Å². The van der Waals surface area contributed by atoms with Crippen LogP contribution < -0.4 is 5.32 Å². The Morgan fingerprint density at radius 3 is 2.44 bits per heavy atom. The minimum absolute atomic E-state index is 0.141. The largest absolute Gasteiger partial charge is 0.480 e. The van der Waals surface area contributed by atoms with Crippen molar-refractivity contribution in [1.82, 2.24) is 5.32 Å². The Morgan fingerprint density at radius 2 is 1.94 bits per heavy atom. The highest BCUT2D eigenvalue weighted by atomic mass is 16.4. The topological polar surface area (TPSA) is 49.3 Å². The SMILES string of the molecule is CC1CCC(C)C(NC(C(=O)O)C(C)C)C1. The van der Waals surface area contributed by atoms with Crippen molar-refractivity contribution in [3.8, 4) is 0 Å². The summed E-state index contributed by atoms with van der Waals surface area (Å²) < 4.78 is 0. The highest BCUT2D eigenvalue weighted by molar-refractivity contribution is 5.73. The molecule has 0 aliphatic heterocycles. The molecule has 3 heteroatoms. The molecule has 4 atom stereocenters. The van der Waals surface area contributed by atoms with E-state index in [1.165, 1.54) is 12.8 Å². The van der Waals surface area contributed by atoms with E-state index >= 15 is 0 Å². The third kappa shape index (κ3) is 3.48. The molecule has 0 aromatic rings. The molecule has 1 rings (SSSR count). The molecule has 1 fully saturated rings. The number of hydrogen-bond donors (Lipinski definition) is 2. The second-order valence-corrected chi connectivity index (χ2v) is 5.73. The van der Waals surface area contributed by atoms with Crippen LogP contribution in [0.4, 0.5) is 0 Å². The summed E-state index contributed by atoms with van der Waals surface area (Å²) in [7, 11) is 0. The molecule has 0 radical (unpaired) electrons. The average Bonchev–Trinajstić information content (AvgIpc) is 2.18. The van der Waals surface area contributed by atoms with Gasteiger partial charge in [-0.2, -0.15) is 0 Å². The van der Waals surface area contributed by atoms with Gasteiger partial charge >= 0.3 is 5.97 Å². The van der Waals surface area contributed by atoms with Gasteiger partial charge in [0.1, 0.15) is 6.04 Å². The Morgan fingerprint density at radius 1 is 1.31 bits per heavy atom. The van der Waals surface area contributed by atoms with Crippen LogP contribution in [0.15, 0.2) is 0 Å². The fraction of sp³-hybridized carbons (Fsp3) is 0.923. The maximum atomic E-state index is 11.1. The predicted octanol–water partition coefficient (Wildman–Crippen LogP) is 2.51. The van der Waals surface area contributed by atoms with Crippen LogP contribution >= 0.6 is 0 Å². The summed E-state index contributed by atoms with van der Waals surface area (Å²) in [5.41, 5.74) is 0. The van der Waals surface area contributed by atoms with Crippen molar-refractivity contribution in [2.24, 2.45) is 17.8 Å². The van der Waals surface area contributed by atoms with Crippen molar-refractivity contribution in [2.45, 2.75) is 59.0 Å². The van der Waals surface area contributed by atoms with E-state index in [-0.39, 0.29) is 5.92 Å². The molecular weight excluding hydrogens is 202 g/mol. The maximum absolute atomic E-state index is 11.1. The third-order valence-corrected chi connectivity index (χ3v) is 3.78. The monoisotopic (exact) mass is 227 g/mol. The van der Waals surface area contributed by atoms with Crippen LogP contribution in [0.1, 0.15) is 47.0 Å². The first kappa shape index (κ1) is 13.5. The predicted molar refractivity (Wildman–Crippen MR) is 65.4 cm³/mol. The summed E-state index contributed by atoms with van der Waals surface area (Å²) in [5.74, 6) is 0.731. The normalized spacial score (nSPS) is 32.7. The summed E-state index contributed by atoms with van der Waals surface area (Å²) in [4.78, 5) is 11.1. The number of rotatable bonds is 4. The van der Waals surface area contributed by atoms with Gasteiger partial charge in [-0.1, -0.05) is 34.1 Å². The number of carbonyl (C=O) groups is 1. The molecule has 0 aromatic carbocycles. The van der Waals surface area contributed by atoms with Crippen LogP contribution in [0.25, 0.3) is 0 Å². The van der Waals surface area contributed by atoms with E-state index in [9.17, 15) is 4.79 Å². The summed E-state index contributed by atoms with van der Waals surface area (Å²) in [6.45, 7) is 8.40. The highest BCUT2D eigenvalue weighted by Gasteiger charge is 2.30. The number of aliphatic carboxylic acids is 1. The summed E-state index contributed by atoms with van der Waals surface area (Å²) in [6.07, 6.45) is 3.60. The quantitative estimate of drug-likeness (QED) is 0.776. The number of hydrogen-bond acceptors (Lipinski definition) is 2. The van der Waals surface area contributed by atoms with Gasteiger partial charge in [-0.25, -0.2) is 0 Å². The molecule has 4 unspecified atom stereocenters. The van der Waals surface area contributed by atoms with Gasteiger partial charge in [0, 0.05) is 6.04 Å². The Balaban J connectivity index is 2.59. The zero-order valence-corrected chi connectivity index (χ0v) is 10.9. The van der Waals surface area contributed by atoms with Crippen LogP contribution in [0, 0.1) is 17.8 Å². The van der Waals surface area contributed by atoms with Crippen LogP contribution in [0.3, 0.4) is 0 Å². The second kappa shape index (κ2) is 5.67. The van der Waals surface area contributed by atoms with Crippen LogP contribution in [0.5, 0.6) is 0 Å². The maximum Gasteiger partial charge on any atom is 0.320 e. The average molecular weight is 227 g/mol. The molecule has 3 nitrogen and oxygen atoms in total. The first-order chi connectivity index (χ1) is 7.41. The molecule has 0 saturated heterocycles. The fourth-order valence-electron chi connectivity index (χ4n) is 2.54. The molecule has 0 amide bonds. The lowest BCUT2D eigenvalue weighted by atomic mass is 9.79. The molecule has 1 saturated carbocycles. The van der Waals surface area contributed by atoms with E-state index < -0.39 is 12.0 Å². The standard InChI is InChI=1S/C13H25NO2/c1-8(2)12(13(15)16)14-11-7-9(3)5-6-10(11)4/h8-12,14H,5-7H2,1-4H3,(H,15,16). The van der Waals surface area contributed by atoms with Crippen LogP contribution in [-0.4, -0.2) is 23.2 Å². The second-order valence-electron chi connectivity index (χ2n) is 5.73. The van der Waals surface area contributed by atoms with Gasteiger partial charge < -0.3 is 10.4 Å². The molecule has 0 aromatic heterocycles. The Hall–Kier alpha value is -0.570. The molecule has 94 valence electrons. The molecular formula is C13H25NO2. The first-order valence-corrected chi connectivity index (χ1v) is 6.40. The van der Waals surface area contributed by atoms with Gasteiger partial charge in [-0.05, 0) is 30.6 Å². The highest BCUT2D eigenvalue weighted by Crippen LogP contribution is 2.29. The van der Waals surface area contributed by atoms with E-state index in [1.54, 1.807) is 0 Å². The number of nitrogens with one attached hydrogen (secondary N) is 1. The molecule has 0 spiro atoms. The van der Waals surface area contributed by atoms with Crippen molar-refractivity contribution < 1.29 is 9.90 Å². The lowest BCUT2D eigenvalue weighted by molar-refractivity contribution is -0.141. The van der Waals surface area contributed by atoms with Crippen molar-refractivity contribution >= 4 is 5.97 Å². The Bertz CT molecular complexity index is 240. The molecule has 0 bridgehead atoms. The molecule has 0 heterocycles. The van der Waals surface area contributed by atoms with E-state index in [0.29, 0.717) is 12.0 Å². The Kier molecular flexibility index (Phi) is 4.78. The zero-order valence-electron chi connectivity index (χ0n) is 10.9. The molecule has 2 N–H and O–H groups in total. The van der Waals surface area contributed by atoms with Crippen molar-refractivity contribution in [3.05, 3.63) is 0 Å². The lowest BCUT2D eigenvalue weighted by Crippen LogP contribution is -2.50. The van der Waals surface area contributed by atoms with Crippen LogP contribution in [0.2, 0.25) is 0 Å². The van der Waals surface area contributed by atoms with E-state index in [0.717, 1.165) is 12.3 Å².